The molecule has 7 aliphatic rings. The van der Waals surface area contributed by atoms with Crippen LogP contribution in [0.15, 0.2) is 0 Å². The van der Waals surface area contributed by atoms with E-state index in [2.05, 4.69) is 6.92 Å². The second kappa shape index (κ2) is 119. The van der Waals surface area contributed by atoms with E-state index in [4.69, 9.17) is 0 Å². The van der Waals surface area contributed by atoms with Gasteiger partial charge in [-0.3, -0.25) is 0 Å². The van der Waals surface area contributed by atoms with E-state index in [1.54, 1.807) is 0 Å². The molecule has 0 atom stereocenters. The van der Waals surface area contributed by atoms with Crippen LogP contribution in [0.5, 0.6) is 0 Å². The predicted molar refractivity (Wildman–Crippen MR) is 238 cm³/mol. The second-order valence-corrected chi connectivity index (χ2v) is 9.81. The van der Waals surface area contributed by atoms with Gasteiger partial charge in [-0.2, -0.15) is 0 Å². The van der Waals surface area contributed by atoms with E-state index in [0.717, 1.165) is 5.92 Å². The van der Waals surface area contributed by atoms with E-state index < -0.39 is 0 Å². The molecule has 0 amide bonds. The van der Waals surface area contributed by atoms with Crippen molar-refractivity contribution in [2.24, 2.45) is 5.92 Å². The highest BCUT2D eigenvalue weighted by atomic mass is 14.1. The molecule has 0 N–H and O–H groups in total. The van der Waals surface area contributed by atoms with Crippen LogP contribution in [0.3, 0.4) is 0 Å². The molecule has 0 nitrogen and oxygen atoms in total. The Morgan fingerprint density at radius 3 is 0.234 bits per heavy atom. The molecule has 0 radical (unpaired) electrons. The molecule has 0 aromatic rings. The maximum atomic E-state index is 2.31. The smallest absolute Gasteiger partial charge is 0.0443 e. The molecule has 302 valence electrons. The molecule has 7 rings (SSSR count). The van der Waals surface area contributed by atoms with Crippen molar-refractivity contribution in [2.45, 2.75) is 306 Å². The van der Waals surface area contributed by atoms with Gasteiger partial charge in [-0.1, -0.05) is 306 Å². The number of rotatable bonds is 0. The largest absolute Gasteiger partial charge is 0.0683 e. The van der Waals surface area contributed by atoms with Gasteiger partial charge in [-0.15, -0.1) is 0 Å². The molecule has 0 heterocycles. The van der Waals surface area contributed by atoms with Gasteiger partial charge in [0, 0.05) is 0 Å². The molecule has 0 saturated heterocycles. The van der Waals surface area contributed by atoms with Gasteiger partial charge in [0.25, 0.3) is 0 Å². The summed E-state index contributed by atoms with van der Waals surface area (Å²) in [5.74, 6) is 1.06. The molecular weight excluding hydrogens is 565 g/mol. The van der Waals surface area contributed by atoms with Gasteiger partial charge >= 0.3 is 0 Å². The lowest BCUT2D eigenvalue weighted by atomic mass is 9.88. The minimum absolute atomic E-state index is 1.06. The van der Waals surface area contributed by atoms with Crippen molar-refractivity contribution in [3.05, 3.63) is 0 Å². The Labute approximate surface area is 311 Å². The summed E-state index contributed by atoms with van der Waals surface area (Å²) < 4.78 is 0. The highest BCUT2D eigenvalue weighted by Crippen LogP contribution is 2.24. The first-order chi connectivity index (χ1) is 23.4. The monoisotopic (exact) mass is 679 g/mol. The van der Waals surface area contributed by atoms with Gasteiger partial charge < -0.3 is 0 Å². The third-order valence-electron chi connectivity index (χ3n) is 6.10. The predicted octanol–water partition coefficient (Wildman–Crippen LogP) is 20.7. The molecule has 0 aromatic heterocycles. The quantitative estimate of drug-likeness (QED) is 0.239. The molecule has 0 bridgehead atoms. The first kappa shape index (κ1) is 72.6. The van der Waals surface area contributed by atoms with Gasteiger partial charge in [0.05, 0.1) is 0 Å². The summed E-state index contributed by atoms with van der Waals surface area (Å²) in [7, 11) is 0. The van der Waals surface area contributed by atoms with Crippen LogP contribution in [0.2, 0.25) is 0 Å². The van der Waals surface area contributed by atoms with Crippen LogP contribution in [0.1, 0.15) is 306 Å². The average Bonchev–Trinajstić information content (AvgIpc) is 3.94. The summed E-state index contributed by atoms with van der Waals surface area (Å²) in [6.07, 6.45) is 37.5. The SMILES string of the molecule is C1CC1.C1CC1.C1CCC1.C1CCC1.C1CCC1.C1CCC1.CC.CC.CC.CC.CC.CC.CC.CC.CC.CC.CC1CCC1. The summed E-state index contributed by atoms with van der Waals surface area (Å²) in [5, 5.41) is 0. The molecule has 7 fully saturated rings. The van der Waals surface area contributed by atoms with E-state index in [1.165, 1.54) is 161 Å². The fourth-order valence-electron chi connectivity index (χ4n) is 1.61. The third kappa shape index (κ3) is 155. The minimum Gasteiger partial charge on any atom is -0.0683 e. The van der Waals surface area contributed by atoms with Crippen LogP contribution in [0, 0.1) is 5.92 Å². The van der Waals surface area contributed by atoms with Crippen molar-refractivity contribution in [1.82, 2.24) is 0 Å². The van der Waals surface area contributed by atoms with Crippen LogP contribution in [-0.4, -0.2) is 0 Å². The van der Waals surface area contributed by atoms with E-state index in [9.17, 15) is 0 Å². The lowest BCUT2D eigenvalue weighted by Gasteiger charge is -2.18. The standard InChI is InChI=1S/C5H10.4C4H8.2C3H6.10C2H6/c1-5-3-2-4-5;4*1-2-4-3-1;2*1-2-3-1;10*1-2/h5H,2-4H2,1H3;4*1-4H2;2*1-3H2;10*1-2H3. The Balaban J connectivity index is -0.0000000393. The molecule has 7 aliphatic carbocycles. The maximum Gasteiger partial charge on any atom is -0.0443 e. The van der Waals surface area contributed by atoms with Crippen LogP contribution >= 0.6 is 0 Å². The molecule has 0 unspecified atom stereocenters. The fraction of sp³-hybridized carbons (Fsp3) is 1.00. The normalized spacial score (nSPS) is 15.3. The van der Waals surface area contributed by atoms with E-state index >= 15 is 0 Å². The zero-order valence-corrected chi connectivity index (χ0v) is 39.3. The average molecular weight is 679 g/mol. The van der Waals surface area contributed by atoms with Crippen molar-refractivity contribution >= 4 is 0 Å². The zero-order chi connectivity index (χ0) is 39.3. The third-order valence-corrected chi connectivity index (χ3v) is 6.10. The molecule has 0 spiro atoms. The van der Waals surface area contributed by atoms with Gasteiger partial charge in [0.2, 0.25) is 0 Å². The van der Waals surface area contributed by atoms with Gasteiger partial charge in [-0.05, 0) is 5.92 Å². The molecule has 0 heteroatoms. The summed E-state index contributed by atoms with van der Waals surface area (Å²) >= 11 is 0. The maximum absolute atomic E-state index is 2.31. The molecule has 0 aromatic carbocycles. The molecule has 7 saturated carbocycles. The minimum atomic E-state index is 1.06. The number of hydrogen-bond donors (Lipinski definition) is 0. The van der Waals surface area contributed by atoms with Crippen LogP contribution < -0.4 is 0 Å². The Morgan fingerprint density at radius 1 is 0.170 bits per heavy atom. The van der Waals surface area contributed by atoms with Gasteiger partial charge in [-0.25, -0.2) is 0 Å². The topological polar surface area (TPSA) is 0 Å². The summed E-state index contributed by atoms with van der Waals surface area (Å²) in [6, 6.07) is 0. The van der Waals surface area contributed by atoms with Crippen molar-refractivity contribution in [1.29, 1.82) is 0 Å². The van der Waals surface area contributed by atoms with Crippen molar-refractivity contribution in [2.75, 3.05) is 0 Å². The molecular formula is C47H114. The van der Waals surface area contributed by atoms with Crippen molar-refractivity contribution in [3.8, 4) is 0 Å². The first-order valence-corrected chi connectivity index (χ1v) is 23.4. The lowest BCUT2D eigenvalue weighted by Crippen LogP contribution is -2.04. The Bertz CT molecular complexity index is 186. The van der Waals surface area contributed by atoms with E-state index in [1.807, 2.05) is 138 Å². The van der Waals surface area contributed by atoms with E-state index in [0.29, 0.717) is 0 Å². The molecule has 0 aliphatic heterocycles. The highest BCUT2D eigenvalue weighted by Gasteiger charge is 2.09. The number of hydrogen-bond acceptors (Lipinski definition) is 0. The Morgan fingerprint density at radius 2 is 0.234 bits per heavy atom. The first-order valence-electron chi connectivity index (χ1n) is 23.4. The van der Waals surface area contributed by atoms with Gasteiger partial charge in [0.1, 0.15) is 0 Å². The Hall–Kier alpha value is 0. The highest BCUT2D eigenvalue weighted by molar-refractivity contribution is 4.62. The van der Waals surface area contributed by atoms with Crippen molar-refractivity contribution < 1.29 is 0 Å². The lowest BCUT2D eigenvalue weighted by molar-refractivity contribution is 0.346. The van der Waals surface area contributed by atoms with Crippen LogP contribution in [0.4, 0.5) is 0 Å². The fourth-order valence-corrected chi connectivity index (χ4v) is 1.61. The Kier molecular flexibility index (Phi) is 184. The molecule has 47 heavy (non-hydrogen) atoms. The van der Waals surface area contributed by atoms with E-state index in [-0.39, 0.29) is 0 Å². The summed E-state index contributed by atoms with van der Waals surface area (Å²) in [5.41, 5.74) is 0. The summed E-state index contributed by atoms with van der Waals surface area (Å²) in [4.78, 5) is 0. The second-order valence-electron chi connectivity index (χ2n) is 9.81. The van der Waals surface area contributed by atoms with Crippen molar-refractivity contribution in [3.63, 3.8) is 0 Å². The zero-order valence-electron chi connectivity index (χ0n) is 39.3. The summed E-state index contributed by atoms with van der Waals surface area (Å²) in [6.45, 7) is 42.3. The van der Waals surface area contributed by atoms with Crippen LogP contribution in [0.25, 0.3) is 0 Å². The van der Waals surface area contributed by atoms with Gasteiger partial charge in [0.15, 0.2) is 0 Å². The van der Waals surface area contributed by atoms with Crippen LogP contribution in [-0.2, 0) is 0 Å².